The molecule has 1 aromatic heterocycles. The summed E-state index contributed by atoms with van der Waals surface area (Å²) in [5.74, 6) is 0.917. The van der Waals surface area contributed by atoms with Crippen molar-refractivity contribution >= 4 is 23.1 Å². The smallest absolute Gasteiger partial charge is 0.416 e. The summed E-state index contributed by atoms with van der Waals surface area (Å²) in [5, 5.41) is 0.321. The topological polar surface area (TPSA) is 44.1 Å². The Kier molecular flexibility index (Phi) is 5.33. The third kappa shape index (κ3) is 4.21. The van der Waals surface area contributed by atoms with Crippen LogP contribution in [0.2, 0.25) is 0 Å². The molecule has 7 heteroatoms. The Hall–Kier alpha value is -3.87. The minimum Gasteiger partial charge on any atom is -0.497 e. The lowest BCUT2D eigenvalue weighted by Crippen LogP contribution is -2.22. The molecule has 0 saturated heterocycles. The Balaban J connectivity index is 1.90. The Morgan fingerprint density at radius 1 is 0.935 bits per heavy atom. The van der Waals surface area contributed by atoms with Gasteiger partial charge in [-0.3, -0.25) is 9.36 Å². The number of ether oxygens (including phenoxy) is 1. The maximum absolute atomic E-state index is 13.2. The van der Waals surface area contributed by atoms with Crippen LogP contribution in [0.3, 0.4) is 0 Å². The van der Waals surface area contributed by atoms with Gasteiger partial charge in [0.15, 0.2) is 0 Å². The lowest BCUT2D eigenvalue weighted by Gasteiger charge is -2.14. The molecule has 4 rings (SSSR count). The van der Waals surface area contributed by atoms with Crippen molar-refractivity contribution in [3.05, 3.63) is 100 Å². The minimum atomic E-state index is -4.52. The van der Waals surface area contributed by atoms with Gasteiger partial charge in [-0.05, 0) is 54.1 Å². The van der Waals surface area contributed by atoms with Crippen molar-refractivity contribution in [2.24, 2.45) is 0 Å². The number of fused-ring (bicyclic) bond motifs is 1. The summed E-state index contributed by atoms with van der Waals surface area (Å²) in [5.41, 5.74) is 0.0887. The zero-order valence-electron chi connectivity index (χ0n) is 16.4. The van der Waals surface area contributed by atoms with Crippen LogP contribution in [0.5, 0.6) is 5.75 Å². The highest BCUT2D eigenvalue weighted by molar-refractivity contribution is 5.80. The van der Waals surface area contributed by atoms with E-state index in [1.165, 1.54) is 16.7 Å². The normalized spacial score (nSPS) is 11.9. The largest absolute Gasteiger partial charge is 0.497 e. The molecular formula is C24H17F3N2O2. The molecule has 0 aliphatic heterocycles. The lowest BCUT2D eigenvalue weighted by molar-refractivity contribution is -0.137. The first-order chi connectivity index (χ1) is 14.9. The maximum atomic E-state index is 13.2. The Morgan fingerprint density at radius 3 is 2.39 bits per heavy atom. The lowest BCUT2D eigenvalue weighted by atomic mass is 10.1. The standard InChI is InChI=1S/C24H17F3N2O2/c1-31-19-12-9-16(10-13-19)11-14-22-28-21-8-3-2-7-20(21)23(30)29(22)18-6-4-5-17(15-18)24(25,26)27/h2-15H,1H3/b14-11+. The monoisotopic (exact) mass is 422 g/mol. The molecule has 0 unspecified atom stereocenters. The fraction of sp³-hybridized carbons (Fsp3) is 0.0833. The molecule has 0 aliphatic carbocycles. The van der Waals surface area contributed by atoms with E-state index in [0.717, 1.165) is 17.7 Å². The fourth-order valence-corrected chi connectivity index (χ4v) is 3.22. The molecular weight excluding hydrogens is 405 g/mol. The van der Waals surface area contributed by atoms with E-state index in [2.05, 4.69) is 4.98 Å². The third-order valence-corrected chi connectivity index (χ3v) is 4.77. The molecule has 4 aromatic rings. The van der Waals surface area contributed by atoms with Crippen LogP contribution in [0, 0.1) is 0 Å². The van der Waals surface area contributed by atoms with Gasteiger partial charge in [-0.25, -0.2) is 4.98 Å². The van der Waals surface area contributed by atoms with E-state index in [4.69, 9.17) is 4.74 Å². The number of rotatable bonds is 4. The highest BCUT2D eigenvalue weighted by atomic mass is 19.4. The van der Waals surface area contributed by atoms with Gasteiger partial charge in [0.2, 0.25) is 0 Å². The number of hydrogen-bond acceptors (Lipinski definition) is 3. The van der Waals surface area contributed by atoms with E-state index < -0.39 is 17.3 Å². The van der Waals surface area contributed by atoms with E-state index >= 15 is 0 Å². The molecule has 0 aliphatic rings. The van der Waals surface area contributed by atoms with Gasteiger partial charge in [0, 0.05) is 0 Å². The molecule has 31 heavy (non-hydrogen) atoms. The van der Waals surface area contributed by atoms with Crippen molar-refractivity contribution in [2.75, 3.05) is 7.11 Å². The van der Waals surface area contributed by atoms with Crippen molar-refractivity contribution in [1.29, 1.82) is 0 Å². The summed E-state index contributed by atoms with van der Waals surface area (Å²) < 4.78 is 46.1. The molecule has 1 heterocycles. The average molecular weight is 422 g/mol. The Labute approximate surface area is 175 Å². The second kappa shape index (κ2) is 8.10. The van der Waals surface area contributed by atoms with Crippen LogP contribution in [0.15, 0.2) is 77.6 Å². The third-order valence-electron chi connectivity index (χ3n) is 4.77. The SMILES string of the molecule is COc1ccc(/C=C/c2nc3ccccc3c(=O)n2-c2cccc(C(F)(F)F)c2)cc1. The van der Waals surface area contributed by atoms with E-state index in [9.17, 15) is 18.0 Å². The molecule has 0 N–H and O–H groups in total. The van der Waals surface area contributed by atoms with Gasteiger partial charge in [0.1, 0.15) is 11.6 Å². The number of halogens is 3. The van der Waals surface area contributed by atoms with Gasteiger partial charge in [-0.15, -0.1) is 0 Å². The van der Waals surface area contributed by atoms with E-state index in [-0.39, 0.29) is 11.5 Å². The van der Waals surface area contributed by atoms with Crippen LogP contribution in [0.1, 0.15) is 17.0 Å². The van der Waals surface area contributed by atoms with Gasteiger partial charge in [-0.1, -0.05) is 36.4 Å². The van der Waals surface area contributed by atoms with Crippen LogP contribution in [0.4, 0.5) is 13.2 Å². The van der Waals surface area contributed by atoms with Gasteiger partial charge in [0.25, 0.3) is 5.56 Å². The summed E-state index contributed by atoms with van der Waals surface area (Å²) in [6.45, 7) is 0. The number of aromatic nitrogens is 2. The molecule has 4 nitrogen and oxygen atoms in total. The zero-order valence-corrected chi connectivity index (χ0v) is 16.4. The molecule has 0 atom stereocenters. The quantitative estimate of drug-likeness (QED) is 0.431. The molecule has 0 radical (unpaired) electrons. The minimum absolute atomic E-state index is 0.0902. The molecule has 3 aromatic carbocycles. The average Bonchev–Trinajstić information content (AvgIpc) is 2.77. The number of para-hydroxylation sites is 1. The first-order valence-corrected chi connectivity index (χ1v) is 9.38. The summed E-state index contributed by atoms with van der Waals surface area (Å²) >= 11 is 0. The first kappa shape index (κ1) is 20.4. The molecule has 0 amide bonds. The highest BCUT2D eigenvalue weighted by Gasteiger charge is 2.30. The zero-order chi connectivity index (χ0) is 22.0. The Morgan fingerprint density at radius 2 is 1.68 bits per heavy atom. The number of alkyl halides is 3. The van der Waals surface area contributed by atoms with Crippen LogP contribution >= 0.6 is 0 Å². The van der Waals surface area contributed by atoms with Gasteiger partial charge < -0.3 is 4.74 Å². The van der Waals surface area contributed by atoms with Crippen LogP contribution in [0.25, 0.3) is 28.7 Å². The van der Waals surface area contributed by atoms with Crippen molar-refractivity contribution in [2.45, 2.75) is 6.18 Å². The second-order valence-electron chi connectivity index (χ2n) is 6.78. The fourth-order valence-electron chi connectivity index (χ4n) is 3.22. The van der Waals surface area contributed by atoms with E-state index in [1.807, 2.05) is 12.1 Å². The van der Waals surface area contributed by atoms with Crippen molar-refractivity contribution in [3.63, 3.8) is 0 Å². The molecule has 156 valence electrons. The van der Waals surface area contributed by atoms with Crippen molar-refractivity contribution in [3.8, 4) is 11.4 Å². The van der Waals surface area contributed by atoms with Gasteiger partial charge in [0.05, 0.1) is 29.3 Å². The summed E-state index contributed by atoms with van der Waals surface area (Å²) in [6.07, 6.45) is -1.18. The maximum Gasteiger partial charge on any atom is 0.416 e. The van der Waals surface area contributed by atoms with Crippen LogP contribution < -0.4 is 10.3 Å². The van der Waals surface area contributed by atoms with Crippen molar-refractivity contribution < 1.29 is 17.9 Å². The number of benzene rings is 3. The Bertz CT molecular complexity index is 1320. The van der Waals surface area contributed by atoms with Gasteiger partial charge >= 0.3 is 6.18 Å². The van der Waals surface area contributed by atoms with E-state index in [1.54, 1.807) is 55.7 Å². The predicted molar refractivity (Wildman–Crippen MR) is 114 cm³/mol. The molecule has 0 spiro atoms. The van der Waals surface area contributed by atoms with Crippen LogP contribution in [-0.4, -0.2) is 16.7 Å². The summed E-state index contributed by atoms with van der Waals surface area (Å²) in [7, 11) is 1.57. The second-order valence-corrected chi connectivity index (χ2v) is 6.78. The molecule has 0 bridgehead atoms. The number of hydrogen-bond donors (Lipinski definition) is 0. The number of methoxy groups -OCH3 is 1. The highest BCUT2D eigenvalue weighted by Crippen LogP contribution is 2.30. The first-order valence-electron chi connectivity index (χ1n) is 9.38. The van der Waals surface area contributed by atoms with E-state index in [0.29, 0.717) is 16.7 Å². The predicted octanol–water partition coefficient (Wildman–Crippen LogP) is 5.58. The molecule has 0 saturated carbocycles. The van der Waals surface area contributed by atoms with Gasteiger partial charge in [-0.2, -0.15) is 13.2 Å². The number of nitrogens with zero attached hydrogens (tertiary/aromatic N) is 2. The summed E-state index contributed by atoms with van der Waals surface area (Å²) in [4.78, 5) is 17.7. The molecule has 0 fully saturated rings. The van der Waals surface area contributed by atoms with Crippen LogP contribution in [-0.2, 0) is 6.18 Å². The van der Waals surface area contributed by atoms with Crippen molar-refractivity contribution in [1.82, 2.24) is 9.55 Å². The summed E-state index contributed by atoms with van der Waals surface area (Å²) in [6, 6.07) is 18.6.